The Labute approximate surface area is 145 Å². The molecule has 0 radical (unpaired) electrons. The number of carbonyl (C=O) groups is 1. The monoisotopic (exact) mass is 334 g/mol. The van der Waals surface area contributed by atoms with Gasteiger partial charge in [0.2, 0.25) is 0 Å². The van der Waals surface area contributed by atoms with Gasteiger partial charge in [-0.05, 0) is 37.7 Å². The first-order valence-corrected chi connectivity index (χ1v) is 8.89. The van der Waals surface area contributed by atoms with Gasteiger partial charge in [0.25, 0.3) is 0 Å². The van der Waals surface area contributed by atoms with Crippen molar-refractivity contribution < 1.29 is 14.6 Å². The van der Waals surface area contributed by atoms with Gasteiger partial charge in [0.1, 0.15) is 5.75 Å². The minimum absolute atomic E-state index is 0.0438. The number of nitrogens with zero attached hydrogens (tertiary/aromatic N) is 1. The van der Waals surface area contributed by atoms with Crippen LogP contribution in [0.25, 0.3) is 0 Å². The molecule has 134 valence electrons. The lowest BCUT2D eigenvalue weighted by molar-refractivity contribution is 0.0797. The lowest BCUT2D eigenvalue weighted by Crippen LogP contribution is -2.45. The molecule has 0 spiro atoms. The fourth-order valence-corrected chi connectivity index (χ4v) is 2.91. The van der Waals surface area contributed by atoms with Gasteiger partial charge in [-0.1, -0.05) is 32.0 Å². The second-order valence-corrected chi connectivity index (χ2v) is 7.04. The van der Waals surface area contributed by atoms with Gasteiger partial charge in [-0.25, -0.2) is 4.79 Å². The number of benzene rings is 1. The maximum Gasteiger partial charge on any atom is 0.317 e. The molecule has 2 amide bonds. The number of aliphatic hydroxyl groups excluding tert-OH is 1. The molecule has 1 aliphatic rings. The summed E-state index contributed by atoms with van der Waals surface area (Å²) < 4.78 is 5.82. The minimum Gasteiger partial charge on any atom is -0.493 e. The molecule has 1 aliphatic heterocycles. The van der Waals surface area contributed by atoms with E-state index in [9.17, 15) is 9.90 Å². The number of urea groups is 1. The Morgan fingerprint density at radius 1 is 1.29 bits per heavy atom. The van der Waals surface area contributed by atoms with Gasteiger partial charge in [-0.15, -0.1) is 0 Å². The minimum atomic E-state index is -0.291. The van der Waals surface area contributed by atoms with Gasteiger partial charge in [0.05, 0.1) is 12.7 Å². The zero-order chi connectivity index (χ0) is 17.5. The Kier molecular flexibility index (Phi) is 6.91. The lowest BCUT2D eigenvalue weighted by Gasteiger charge is -2.33. The van der Waals surface area contributed by atoms with Gasteiger partial charge in [0.15, 0.2) is 0 Å². The summed E-state index contributed by atoms with van der Waals surface area (Å²) in [4.78, 5) is 14.2. The lowest BCUT2D eigenvalue weighted by atomic mass is 9.92. The molecule has 1 saturated heterocycles. The Morgan fingerprint density at radius 3 is 2.58 bits per heavy atom. The number of carbonyl (C=O) groups excluding carboxylic acids is 1. The molecule has 2 N–H and O–H groups in total. The van der Waals surface area contributed by atoms with Gasteiger partial charge in [-0.3, -0.25) is 0 Å². The predicted molar refractivity (Wildman–Crippen MR) is 95.0 cm³/mol. The maximum atomic E-state index is 12.3. The summed E-state index contributed by atoms with van der Waals surface area (Å²) in [6.45, 7) is 8.58. The predicted octanol–water partition coefficient (Wildman–Crippen LogP) is 3.02. The fraction of sp³-hybridized carbons (Fsp3) is 0.632. The van der Waals surface area contributed by atoms with E-state index in [-0.39, 0.29) is 12.1 Å². The summed E-state index contributed by atoms with van der Waals surface area (Å²) in [6, 6.07) is 7.78. The number of likely N-dealkylation sites (tertiary alicyclic amines) is 1. The molecule has 24 heavy (non-hydrogen) atoms. The summed E-state index contributed by atoms with van der Waals surface area (Å²) in [5, 5.41) is 12.6. The van der Waals surface area contributed by atoms with Gasteiger partial charge < -0.3 is 20.1 Å². The third-order valence-electron chi connectivity index (χ3n) is 4.48. The maximum absolute atomic E-state index is 12.3. The summed E-state index contributed by atoms with van der Waals surface area (Å²) in [5.41, 5.74) is 0.991. The first-order valence-electron chi connectivity index (χ1n) is 8.89. The van der Waals surface area contributed by atoms with Crippen LogP contribution in [0.1, 0.15) is 39.2 Å². The van der Waals surface area contributed by atoms with Crippen molar-refractivity contribution in [2.45, 2.75) is 46.3 Å². The van der Waals surface area contributed by atoms with Crippen molar-refractivity contribution in [3.8, 4) is 5.75 Å². The molecule has 1 unspecified atom stereocenters. The zero-order valence-electron chi connectivity index (χ0n) is 15.0. The molecule has 1 heterocycles. The smallest absolute Gasteiger partial charge is 0.317 e. The van der Waals surface area contributed by atoms with Crippen LogP contribution in [0.4, 0.5) is 4.79 Å². The molecule has 0 aliphatic carbocycles. The molecule has 5 heteroatoms. The van der Waals surface area contributed by atoms with Gasteiger partial charge in [-0.2, -0.15) is 0 Å². The van der Waals surface area contributed by atoms with E-state index < -0.39 is 0 Å². The Hall–Kier alpha value is -1.75. The molecule has 5 nitrogen and oxygen atoms in total. The molecular formula is C19H30N2O3. The largest absolute Gasteiger partial charge is 0.493 e. The average molecular weight is 334 g/mol. The number of hydrogen-bond donors (Lipinski definition) is 2. The van der Waals surface area contributed by atoms with Crippen LogP contribution in [0.2, 0.25) is 0 Å². The number of para-hydroxylation sites is 1. The van der Waals surface area contributed by atoms with Crippen LogP contribution in [-0.4, -0.2) is 41.8 Å². The Balaban J connectivity index is 1.84. The Morgan fingerprint density at radius 2 is 1.96 bits per heavy atom. The summed E-state index contributed by atoms with van der Waals surface area (Å²) in [7, 11) is 0. The third-order valence-corrected chi connectivity index (χ3v) is 4.48. The van der Waals surface area contributed by atoms with Crippen molar-refractivity contribution in [3.63, 3.8) is 0 Å². The van der Waals surface area contributed by atoms with E-state index in [0.29, 0.717) is 38.1 Å². The number of hydrogen-bond acceptors (Lipinski definition) is 3. The average Bonchev–Trinajstić information content (AvgIpc) is 2.58. The van der Waals surface area contributed by atoms with Crippen LogP contribution in [0.3, 0.4) is 0 Å². The highest BCUT2D eigenvalue weighted by Gasteiger charge is 2.25. The SMILES string of the molecule is CC(C)COc1ccccc1CNC(=O)N1CCC(C(C)O)CC1. The molecule has 1 aromatic rings. The zero-order valence-corrected chi connectivity index (χ0v) is 15.0. The van der Waals surface area contributed by atoms with Crippen LogP contribution in [0, 0.1) is 11.8 Å². The van der Waals surface area contributed by atoms with Crippen LogP contribution in [0.15, 0.2) is 24.3 Å². The first kappa shape index (κ1) is 18.6. The number of nitrogens with one attached hydrogen (secondary N) is 1. The second kappa shape index (κ2) is 8.92. The van der Waals surface area contributed by atoms with Crippen molar-refractivity contribution in [3.05, 3.63) is 29.8 Å². The van der Waals surface area contributed by atoms with Crippen LogP contribution in [-0.2, 0) is 6.54 Å². The highest BCUT2D eigenvalue weighted by molar-refractivity contribution is 5.74. The Bertz CT molecular complexity index is 523. The number of piperidine rings is 1. The van der Waals surface area contributed by atoms with E-state index in [1.54, 1.807) is 0 Å². The molecule has 1 aromatic carbocycles. The van der Waals surface area contributed by atoms with Gasteiger partial charge in [0, 0.05) is 25.2 Å². The molecule has 0 aromatic heterocycles. The van der Waals surface area contributed by atoms with Crippen molar-refractivity contribution in [1.82, 2.24) is 10.2 Å². The van der Waals surface area contributed by atoms with Crippen molar-refractivity contribution in [1.29, 1.82) is 0 Å². The quantitative estimate of drug-likeness (QED) is 0.840. The number of ether oxygens (including phenoxy) is 1. The second-order valence-electron chi connectivity index (χ2n) is 7.04. The summed E-state index contributed by atoms with van der Waals surface area (Å²) >= 11 is 0. The van der Waals surface area contributed by atoms with Gasteiger partial charge >= 0.3 is 6.03 Å². The number of aliphatic hydroxyl groups is 1. The van der Waals surface area contributed by atoms with E-state index in [0.717, 1.165) is 24.2 Å². The highest BCUT2D eigenvalue weighted by atomic mass is 16.5. The van der Waals surface area contributed by atoms with Crippen molar-refractivity contribution in [2.75, 3.05) is 19.7 Å². The van der Waals surface area contributed by atoms with Crippen LogP contribution >= 0.6 is 0 Å². The topological polar surface area (TPSA) is 61.8 Å². The summed E-state index contributed by atoms with van der Waals surface area (Å²) in [6.07, 6.45) is 1.43. The van der Waals surface area contributed by atoms with E-state index in [4.69, 9.17) is 4.74 Å². The fourth-order valence-electron chi connectivity index (χ4n) is 2.91. The number of rotatable bonds is 6. The van der Waals surface area contributed by atoms with E-state index in [2.05, 4.69) is 19.2 Å². The molecule has 0 bridgehead atoms. The molecule has 2 rings (SSSR count). The number of amides is 2. The summed E-state index contributed by atoms with van der Waals surface area (Å²) in [5.74, 6) is 1.60. The first-order chi connectivity index (χ1) is 11.5. The standard InChI is InChI=1S/C19H30N2O3/c1-14(2)13-24-18-7-5-4-6-17(18)12-20-19(23)21-10-8-16(9-11-21)15(3)22/h4-7,14-16,22H,8-13H2,1-3H3,(H,20,23). The van der Waals surface area contributed by atoms with Crippen molar-refractivity contribution in [2.24, 2.45) is 11.8 Å². The van der Waals surface area contributed by atoms with E-state index in [1.807, 2.05) is 36.1 Å². The van der Waals surface area contributed by atoms with E-state index >= 15 is 0 Å². The third kappa shape index (κ3) is 5.41. The van der Waals surface area contributed by atoms with Crippen LogP contribution in [0.5, 0.6) is 5.75 Å². The molecule has 1 fully saturated rings. The molecule has 1 atom stereocenters. The van der Waals surface area contributed by atoms with Crippen molar-refractivity contribution >= 4 is 6.03 Å². The normalized spacial score (nSPS) is 17.0. The van der Waals surface area contributed by atoms with Crippen LogP contribution < -0.4 is 10.1 Å². The highest BCUT2D eigenvalue weighted by Crippen LogP contribution is 2.21. The molecular weight excluding hydrogens is 304 g/mol. The van der Waals surface area contributed by atoms with E-state index in [1.165, 1.54) is 0 Å². The molecule has 0 saturated carbocycles.